The van der Waals surface area contributed by atoms with Crippen molar-refractivity contribution in [3.8, 4) is 11.5 Å². The summed E-state index contributed by atoms with van der Waals surface area (Å²) in [4.78, 5) is 15.2. The molecule has 0 bridgehead atoms. The van der Waals surface area contributed by atoms with Crippen LogP contribution in [0.25, 0.3) is 0 Å². The molecule has 1 unspecified atom stereocenters. The molecule has 0 saturated carbocycles. The Kier molecular flexibility index (Phi) is 7.02. The Labute approximate surface area is 180 Å². The molecule has 3 rings (SSSR count). The van der Waals surface area contributed by atoms with E-state index < -0.39 is 16.9 Å². The van der Waals surface area contributed by atoms with E-state index in [4.69, 9.17) is 21.1 Å². The second-order valence-corrected chi connectivity index (χ2v) is 7.90. The lowest BCUT2D eigenvalue weighted by Crippen LogP contribution is -2.27. The highest BCUT2D eigenvalue weighted by Crippen LogP contribution is 2.30. The molecule has 0 N–H and O–H groups in total. The van der Waals surface area contributed by atoms with Gasteiger partial charge in [-0.25, -0.2) is 9.19 Å². The Balaban J connectivity index is 2.04. The maximum atomic E-state index is 13.8. The van der Waals surface area contributed by atoms with Gasteiger partial charge in [-0.05, 0) is 42.5 Å². The first-order chi connectivity index (χ1) is 14.5. The van der Waals surface area contributed by atoms with Crippen LogP contribution in [0.15, 0.2) is 59.5 Å². The number of aromatic nitrogens is 1. The van der Waals surface area contributed by atoms with Gasteiger partial charge in [-0.1, -0.05) is 17.7 Å². The fraction of sp³-hybridized carbons (Fsp3) is 0.143. The summed E-state index contributed by atoms with van der Waals surface area (Å²) >= 11 is 6.10. The zero-order valence-electron chi connectivity index (χ0n) is 16.2. The van der Waals surface area contributed by atoms with Gasteiger partial charge in [-0.2, -0.15) is 4.39 Å². The molecule has 9 heteroatoms. The highest BCUT2D eigenvalue weighted by molar-refractivity contribution is 7.86. The van der Waals surface area contributed by atoms with Crippen LogP contribution >= 0.6 is 11.6 Å². The van der Waals surface area contributed by atoms with Crippen LogP contribution < -0.4 is 13.8 Å². The second-order valence-electron chi connectivity index (χ2n) is 6.08. The Bertz CT molecular complexity index is 1100. The third-order valence-electron chi connectivity index (χ3n) is 4.26. The van der Waals surface area contributed by atoms with Crippen molar-refractivity contribution in [3.63, 3.8) is 0 Å². The number of methoxy groups -OCH3 is 2. The Morgan fingerprint density at radius 3 is 2.57 bits per heavy atom. The van der Waals surface area contributed by atoms with Crippen molar-refractivity contribution >= 4 is 34.7 Å². The zero-order chi connectivity index (χ0) is 21.7. The van der Waals surface area contributed by atoms with Crippen LogP contribution in [0.1, 0.15) is 15.9 Å². The Hall–Kier alpha value is -2.97. The molecule has 1 heterocycles. The van der Waals surface area contributed by atoms with Gasteiger partial charge in [0, 0.05) is 17.2 Å². The summed E-state index contributed by atoms with van der Waals surface area (Å²) < 4.78 is 39.2. The average molecular weight is 449 g/mol. The van der Waals surface area contributed by atoms with Crippen molar-refractivity contribution in [2.24, 2.45) is 0 Å². The molecule has 0 saturated heterocycles. The molecule has 0 aliphatic heterocycles. The van der Waals surface area contributed by atoms with Crippen LogP contribution in [0.4, 0.5) is 10.2 Å². The SMILES string of the molecule is COc1ccc(CN(c2cccc(F)n2)S(=O)c2ccc(C=O)c(Cl)c2)c(OC)c1. The van der Waals surface area contributed by atoms with E-state index >= 15 is 0 Å². The van der Waals surface area contributed by atoms with Gasteiger partial charge in [0.25, 0.3) is 0 Å². The number of hydrogen-bond acceptors (Lipinski definition) is 5. The van der Waals surface area contributed by atoms with E-state index in [9.17, 15) is 13.4 Å². The maximum Gasteiger partial charge on any atom is 0.214 e. The van der Waals surface area contributed by atoms with Gasteiger partial charge in [-0.3, -0.25) is 9.10 Å². The summed E-state index contributed by atoms with van der Waals surface area (Å²) in [5.74, 6) is 0.581. The van der Waals surface area contributed by atoms with E-state index in [0.717, 1.165) is 0 Å². The molecule has 1 aromatic heterocycles. The smallest absolute Gasteiger partial charge is 0.214 e. The Morgan fingerprint density at radius 2 is 1.93 bits per heavy atom. The molecular formula is C21H18ClFN2O4S. The van der Waals surface area contributed by atoms with E-state index in [1.165, 1.54) is 41.7 Å². The van der Waals surface area contributed by atoms with Crippen LogP contribution in [0.2, 0.25) is 5.02 Å². The highest BCUT2D eigenvalue weighted by atomic mass is 35.5. The van der Waals surface area contributed by atoms with Crippen LogP contribution in [0.5, 0.6) is 11.5 Å². The summed E-state index contributed by atoms with van der Waals surface area (Å²) in [7, 11) is 1.25. The van der Waals surface area contributed by atoms with Gasteiger partial charge in [0.2, 0.25) is 5.95 Å². The summed E-state index contributed by atoms with van der Waals surface area (Å²) in [5.41, 5.74) is 0.970. The number of halogens is 2. The minimum absolute atomic E-state index is 0.100. The van der Waals surface area contributed by atoms with Gasteiger partial charge >= 0.3 is 0 Å². The second kappa shape index (κ2) is 9.69. The standard InChI is InChI=1S/C21H18ClFN2O4S/c1-28-16-8-6-14(19(10-16)29-2)12-25(21-5-3-4-20(23)24-21)30(27)17-9-7-15(13-26)18(22)11-17/h3-11,13H,12H2,1-2H3. The van der Waals surface area contributed by atoms with E-state index in [2.05, 4.69) is 4.98 Å². The summed E-state index contributed by atoms with van der Waals surface area (Å²) in [6.07, 6.45) is 0.614. The fourth-order valence-corrected chi connectivity index (χ4v) is 4.21. The molecule has 0 radical (unpaired) electrons. The lowest BCUT2D eigenvalue weighted by atomic mass is 10.2. The molecule has 0 fully saturated rings. The van der Waals surface area contributed by atoms with E-state index in [-0.39, 0.29) is 22.9 Å². The average Bonchev–Trinajstić information content (AvgIpc) is 2.76. The van der Waals surface area contributed by atoms with Gasteiger partial charge < -0.3 is 9.47 Å². The number of anilines is 1. The summed E-state index contributed by atoms with van der Waals surface area (Å²) in [5, 5.41) is 0.171. The largest absolute Gasteiger partial charge is 0.497 e. The number of benzene rings is 2. The molecule has 6 nitrogen and oxygen atoms in total. The minimum atomic E-state index is -1.80. The van der Waals surface area contributed by atoms with Gasteiger partial charge in [0.05, 0.1) is 30.7 Å². The highest BCUT2D eigenvalue weighted by Gasteiger charge is 2.21. The molecular weight excluding hydrogens is 431 g/mol. The lowest BCUT2D eigenvalue weighted by molar-refractivity contribution is 0.112. The van der Waals surface area contributed by atoms with Crippen molar-refractivity contribution in [2.75, 3.05) is 18.5 Å². The van der Waals surface area contributed by atoms with Gasteiger partial charge in [0.15, 0.2) is 17.3 Å². The van der Waals surface area contributed by atoms with E-state index in [0.29, 0.717) is 28.2 Å². The predicted octanol–water partition coefficient (Wildman–Crippen LogP) is 4.43. The number of carbonyl (C=O) groups excluding carboxylic acids is 1. The lowest BCUT2D eigenvalue weighted by Gasteiger charge is -2.24. The normalized spacial score (nSPS) is 11.6. The quantitative estimate of drug-likeness (QED) is 0.376. The van der Waals surface area contributed by atoms with Crippen LogP contribution in [0.3, 0.4) is 0 Å². The first-order valence-corrected chi connectivity index (χ1v) is 10.2. The fourth-order valence-electron chi connectivity index (χ4n) is 2.74. The predicted molar refractivity (Wildman–Crippen MR) is 113 cm³/mol. The third-order valence-corrected chi connectivity index (χ3v) is 5.97. The first-order valence-electron chi connectivity index (χ1n) is 8.74. The number of carbonyl (C=O) groups is 1. The van der Waals surface area contributed by atoms with Crippen molar-refractivity contribution in [3.05, 3.63) is 76.7 Å². The zero-order valence-corrected chi connectivity index (χ0v) is 17.7. The van der Waals surface area contributed by atoms with Crippen molar-refractivity contribution in [2.45, 2.75) is 11.4 Å². The van der Waals surface area contributed by atoms with Crippen molar-refractivity contribution in [1.82, 2.24) is 4.98 Å². The molecule has 156 valence electrons. The first kappa shape index (κ1) is 21.7. The molecule has 2 aromatic carbocycles. The van der Waals surface area contributed by atoms with Gasteiger partial charge in [0.1, 0.15) is 17.3 Å². The van der Waals surface area contributed by atoms with Crippen LogP contribution in [-0.4, -0.2) is 29.7 Å². The number of nitrogens with zero attached hydrogens (tertiary/aromatic N) is 2. The molecule has 0 amide bonds. The number of hydrogen-bond donors (Lipinski definition) is 0. The molecule has 1 atom stereocenters. The van der Waals surface area contributed by atoms with Crippen LogP contribution in [-0.2, 0) is 17.5 Å². The van der Waals surface area contributed by atoms with Crippen molar-refractivity contribution in [1.29, 1.82) is 0 Å². The minimum Gasteiger partial charge on any atom is -0.497 e. The number of rotatable bonds is 8. The van der Waals surface area contributed by atoms with E-state index in [1.54, 1.807) is 31.4 Å². The molecule has 0 spiro atoms. The van der Waals surface area contributed by atoms with Crippen LogP contribution in [0, 0.1) is 5.95 Å². The molecule has 0 aliphatic carbocycles. The van der Waals surface area contributed by atoms with E-state index in [1.807, 2.05) is 0 Å². The van der Waals surface area contributed by atoms with Gasteiger partial charge in [-0.15, -0.1) is 0 Å². The number of pyridine rings is 1. The third kappa shape index (κ3) is 4.77. The molecule has 3 aromatic rings. The number of aldehydes is 1. The molecule has 30 heavy (non-hydrogen) atoms. The summed E-state index contributed by atoms with van der Waals surface area (Å²) in [6.45, 7) is 0.100. The van der Waals surface area contributed by atoms with Crippen molar-refractivity contribution < 1.29 is 22.9 Å². The molecule has 0 aliphatic rings. The topological polar surface area (TPSA) is 68.7 Å². The summed E-state index contributed by atoms with van der Waals surface area (Å²) in [6, 6.07) is 13.9. The maximum absolute atomic E-state index is 13.8. The number of ether oxygens (including phenoxy) is 2. The monoisotopic (exact) mass is 448 g/mol. The Morgan fingerprint density at radius 1 is 1.13 bits per heavy atom.